The van der Waals surface area contributed by atoms with Gasteiger partial charge in [-0.1, -0.05) is 25.7 Å². The maximum absolute atomic E-state index is 4.59. The highest BCUT2D eigenvalue weighted by Crippen LogP contribution is 2.24. The van der Waals surface area contributed by atoms with Crippen molar-refractivity contribution in [1.82, 2.24) is 15.2 Å². The van der Waals surface area contributed by atoms with E-state index >= 15 is 0 Å². The van der Waals surface area contributed by atoms with E-state index in [1.807, 2.05) is 0 Å². The second kappa shape index (κ2) is 8.34. The van der Waals surface area contributed by atoms with E-state index in [9.17, 15) is 0 Å². The zero-order valence-electron chi connectivity index (χ0n) is 15.3. The van der Waals surface area contributed by atoms with Gasteiger partial charge in [-0.2, -0.15) is 10.1 Å². The average molecular weight is 352 g/mol. The van der Waals surface area contributed by atoms with Gasteiger partial charge in [-0.05, 0) is 49.9 Å². The SMILES string of the molecule is c1cc(N2CCCC2)ccc1Nc1cnnc(NC2CCCCCC2)n1. The van der Waals surface area contributed by atoms with Crippen LogP contribution >= 0.6 is 0 Å². The van der Waals surface area contributed by atoms with Gasteiger partial charge in [-0.3, -0.25) is 0 Å². The highest BCUT2D eigenvalue weighted by Gasteiger charge is 2.14. The quantitative estimate of drug-likeness (QED) is 0.780. The Morgan fingerprint density at radius 2 is 1.62 bits per heavy atom. The highest BCUT2D eigenvalue weighted by atomic mass is 15.3. The lowest BCUT2D eigenvalue weighted by Crippen LogP contribution is -2.20. The third-order valence-electron chi connectivity index (χ3n) is 5.36. The monoisotopic (exact) mass is 352 g/mol. The molecular weight excluding hydrogens is 324 g/mol. The van der Waals surface area contributed by atoms with E-state index in [4.69, 9.17) is 0 Å². The summed E-state index contributed by atoms with van der Waals surface area (Å²) in [6.07, 6.45) is 11.9. The van der Waals surface area contributed by atoms with Crippen LogP contribution in [-0.2, 0) is 0 Å². The fraction of sp³-hybridized carbons (Fsp3) is 0.550. The normalized spacial score (nSPS) is 18.5. The van der Waals surface area contributed by atoms with Crippen LogP contribution in [0.2, 0.25) is 0 Å². The van der Waals surface area contributed by atoms with E-state index in [1.54, 1.807) is 6.20 Å². The molecule has 1 aromatic heterocycles. The van der Waals surface area contributed by atoms with Crippen LogP contribution < -0.4 is 15.5 Å². The van der Waals surface area contributed by atoms with Crippen LogP contribution in [-0.4, -0.2) is 34.3 Å². The minimum atomic E-state index is 0.467. The molecular formula is C20H28N6. The van der Waals surface area contributed by atoms with Crippen LogP contribution in [0.25, 0.3) is 0 Å². The fourth-order valence-electron chi connectivity index (χ4n) is 3.91. The number of hydrogen-bond donors (Lipinski definition) is 2. The molecule has 2 N–H and O–H groups in total. The lowest BCUT2D eigenvalue weighted by atomic mass is 10.1. The first-order valence-electron chi connectivity index (χ1n) is 9.95. The van der Waals surface area contributed by atoms with E-state index in [-0.39, 0.29) is 0 Å². The molecule has 2 fully saturated rings. The van der Waals surface area contributed by atoms with Crippen LogP contribution in [0.4, 0.5) is 23.1 Å². The van der Waals surface area contributed by atoms with E-state index in [0.29, 0.717) is 12.0 Å². The molecule has 1 saturated heterocycles. The Bertz CT molecular complexity index is 688. The van der Waals surface area contributed by atoms with Crippen molar-refractivity contribution in [3.05, 3.63) is 30.5 Å². The molecule has 0 spiro atoms. The van der Waals surface area contributed by atoms with Crippen LogP contribution in [0.15, 0.2) is 30.5 Å². The van der Waals surface area contributed by atoms with Gasteiger partial charge >= 0.3 is 0 Å². The molecule has 2 aliphatic rings. The maximum Gasteiger partial charge on any atom is 0.244 e. The van der Waals surface area contributed by atoms with E-state index in [1.165, 1.54) is 70.1 Å². The molecule has 26 heavy (non-hydrogen) atoms. The summed E-state index contributed by atoms with van der Waals surface area (Å²) in [6, 6.07) is 9.02. The number of nitrogens with one attached hydrogen (secondary N) is 2. The van der Waals surface area contributed by atoms with Crippen LogP contribution in [0.3, 0.4) is 0 Å². The first kappa shape index (κ1) is 17.1. The number of aromatic nitrogens is 3. The van der Waals surface area contributed by atoms with Gasteiger partial charge in [0.15, 0.2) is 5.82 Å². The molecule has 2 heterocycles. The second-order valence-electron chi connectivity index (χ2n) is 7.36. The molecule has 4 rings (SSSR count). The lowest BCUT2D eigenvalue weighted by Gasteiger charge is -2.18. The van der Waals surface area contributed by atoms with Gasteiger partial charge in [-0.25, -0.2) is 0 Å². The summed E-state index contributed by atoms with van der Waals surface area (Å²) in [5.74, 6) is 1.35. The van der Waals surface area contributed by atoms with Gasteiger partial charge < -0.3 is 15.5 Å². The standard InChI is InChI=1S/C20H28N6/c1-2-4-8-16(7-3-1)23-20-24-19(15-21-25-20)22-17-9-11-18(12-10-17)26-13-5-6-14-26/h9-12,15-16H,1-8,13-14H2,(H2,22,23,24,25). The Morgan fingerprint density at radius 1 is 0.885 bits per heavy atom. The molecule has 0 atom stereocenters. The number of rotatable bonds is 5. The molecule has 0 amide bonds. The highest BCUT2D eigenvalue weighted by molar-refractivity contribution is 5.61. The molecule has 1 aliphatic heterocycles. The Balaban J connectivity index is 1.38. The third-order valence-corrected chi connectivity index (χ3v) is 5.36. The summed E-state index contributed by atoms with van der Waals surface area (Å²) >= 11 is 0. The maximum atomic E-state index is 4.59. The van der Waals surface area contributed by atoms with Crippen molar-refractivity contribution in [2.45, 2.75) is 57.4 Å². The molecule has 2 aromatic rings. The molecule has 6 nitrogen and oxygen atoms in total. The molecule has 6 heteroatoms. The van der Waals surface area contributed by atoms with Crippen molar-refractivity contribution in [2.75, 3.05) is 28.6 Å². The number of nitrogens with zero attached hydrogens (tertiary/aromatic N) is 4. The van der Waals surface area contributed by atoms with Crippen LogP contribution in [0.5, 0.6) is 0 Å². The predicted octanol–water partition coefficient (Wildman–Crippen LogP) is 4.35. The van der Waals surface area contributed by atoms with Crippen LogP contribution in [0, 0.1) is 0 Å². The average Bonchev–Trinajstić information content (AvgIpc) is 3.08. The minimum absolute atomic E-state index is 0.467. The molecule has 138 valence electrons. The van der Waals surface area contributed by atoms with Crippen LogP contribution in [0.1, 0.15) is 51.4 Å². The van der Waals surface area contributed by atoms with Gasteiger partial charge in [0.2, 0.25) is 5.95 Å². The Labute approximate surface area is 155 Å². The van der Waals surface area contributed by atoms with Crippen molar-refractivity contribution < 1.29 is 0 Å². The fourth-order valence-corrected chi connectivity index (χ4v) is 3.91. The molecule has 1 aliphatic carbocycles. The number of benzene rings is 1. The van der Waals surface area contributed by atoms with Crippen molar-refractivity contribution in [3.63, 3.8) is 0 Å². The summed E-state index contributed by atoms with van der Waals surface area (Å²) in [6.45, 7) is 2.33. The molecule has 0 unspecified atom stereocenters. The van der Waals surface area contributed by atoms with E-state index in [0.717, 1.165) is 11.5 Å². The number of anilines is 4. The Hall–Kier alpha value is -2.37. The first-order chi connectivity index (χ1) is 12.9. The smallest absolute Gasteiger partial charge is 0.244 e. The van der Waals surface area contributed by atoms with Crippen molar-refractivity contribution in [1.29, 1.82) is 0 Å². The molecule has 1 saturated carbocycles. The zero-order valence-corrected chi connectivity index (χ0v) is 15.3. The summed E-state index contributed by atoms with van der Waals surface area (Å²) in [5.41, 5.74) is 2.32. The Morgan fingerprint density at radius 3 is 2.35 bits per heavy atom. The van der Waals surface area contributed by atoms with E-state index in [2.05, 4.69) is 55.0 Å². The zero-order chi connectivity index (χ0) is 17.6. The summed E-state index contributed by atoms with van der Waals surface area (Å²) < 4.78 is 0. The summed E-state index contributed by atoms with van der Waals surface area (Å²) in [4.78, 5) is 7.02. The van der Waals surface area contributed by atoms with E-state index < -0.39 is 0 Å². The second-order valence-corrected chi connectivity index (χ2v) is 7.36. The summed E-state index contributed by atoms with van der Waals surface area (Å²) in [7, 11) is 0. The van der Waals surface area contributed by atoms with Crippen molar-refractivity contribution in [2.24, 2.45) is 0 Å². The predicted molar refractivity (Wildman–Crippen MR) is 106 cm³/mol. The van der Waals surface area contributed by atoms with Gasteiger partial charge in [0, 0.05) is 30.5 Å². The molecule has 0 bridgehead atoms. The Kier molecular flexibility index (Phi) is 5.47. The first-order valence-corrected chi connectivity index (χ1v) is 9.95. The number of hydrogen-bond acceptors (Lipinski definition) is 6. The largest absolute Gasteiger partial charge is 0.372 e. The van der Waals surface area contributed by atoms with Crippen molar-refractivity contribution in [3.8, 4) is 0 Å². The third kappa shape index (κ3) is 4.42. The lowest BCUT2D eigenvalue weighted by molar-refractivity contribution is 0.613. The van der Waals surface area contributed by atoms with Crippen molar-refractivity contribution >= 4 is 23.1 Å². The van der Waals surface area contributed by atoms with Gasteiger partial charge in [0.1, 0.15) is 0 Å². The topological polar surface area (TPSA) is 66.0 Å². The molecule has 0 radical (unpaired) electrons. The van der Waals surface area contributed by atoms with Gasteiger partial charge in [-0.15, -0.1) is 5.10 Å². The summed E-state index contributed by atoms with van der Waals surface area (Å²) in [5, 5.41) is 15.1. The van der Waals surface area contributed by atoms with Gasteiger partial charge in [0.25, 0.3) is 0 Å². The minimum Gasteiger partial charge on any atom is -0.372 e. The molecule has 1 aromatic carbocycles. The van der Waals surface area contributed by atoms with Gasteiger partial charge in [0.05, 0.1) is 6.20 Å².